The summed E-state index contributed by atoms with van der Waals surface area (Å²) >= 11 is 0. The van der Waals surface area contributed by atoms with Crippen molar-refractivity contribution in [2.24, 2.45) is 0 Å². The fourth-order valence-electron chi connectivity index (χ4n) is 5.25. The molecule has 3 heterocycles. The van der Waals surface area contributed by atoms with Crippen LogP contribution in [0.3, 0.4) is 0 Å². The smallest absolute Gasteiger partial charge is 0.328 e. The summed E-state index contributed by atoms with van der Waals surface area (Å²) in [5.41, 5.74) is 4.04. The number of benzene rings is 2. The third-order valence-electron chi connectivity index (χ3n) is 7.23. The van der Waals surface area contributed by atoms with E-state index in [9.17, 15) is 23.6 Å². The van der Waals surface area contributed by atoms with Crippen LogP contribution in [0.4, 0.5) is 4.39 Å². The number of carbonyl (C=O) groups is 4. The molecule has 12 nitrogen and oxygen atoms in total. The van der Waals surface area contributed by atoms with Gasteiger partial charge in [-0.1, -0.05) is 35.8 Å². The maximum atomic E-state index is 13.5. The summed E-state index contributed by atoms with van der Waals surface area (Å²) in [5, 5.41) is 40.3. The summed E-state index contributed by atoms with van der Waals surface area (Å²) in [4.78, 5) is 40.8. The van der Waals surface area contributed by atoms with E-state index >= 15 is 0 Å². The second-order valence-electron chi connectivity index (χ2n) is 10.1. The Hall–Kier alpha value is -4.88. The Bertz CT molecular complexity index is 1460. The van der Waals surface area contributed by atoms with Crippen molar-refractivity contribution in [1.82, 2.24) is 15.4 Å². The van der Waals surface area contributed by atoms with Crippen LogP contribution in [0.1, 0.15) is 55.0 Å². The summed E-state index contributed by atoms with van der Waals surface area (Å²) < 4.78 is 19.0. The average Bonchev–Trinajstić information content (AvgIpc) is 3.42. The minimum absolute atomic E-state index is 0.104. The van der Waals surface area contributed by atoms with Gasteiger partial charge in [-0.15, -0.1) is 0 Å². The number of nitrogens with one attached hydrogen (secondary N) is 1. The van der Waals surface area contributed by atoms with E-state index in [1.165, 1.54) is 55.6 Å². The molecule has 0 spiro atoms. The Labute approximate surface area is 252 Å². The van der Waals surface area contributed by atoms with Crippen molar-refractivity contribution in [3.05, 3.63) is 89.4 Å². The van der Waals surface area contributed by atoms with Gasteiger partial charge in [-0.2, -0.15) is 0 Å². The van der Waals surface area contributed by atoms with Gasteiger partial charge in [-0.3, -0.25) is 4.90 Å². The highest BCUT2D eigenvalue weighted by Crippen LogP contribution is 2.39. The molecule has 3 unspecified atom stereocenters. The molecule has 44 heavy (non-hydrogen) atoms. The average molecular weight is 612 g/mol. The number of fused-ring (bicyclic) bond motifs is 2. The van der Waals surface area contributed by atoms with Gasteiger partial charge in [-0.05, 0) is 56.1 Å². The summed E-state index contributed by atoms with van der Waals surface area (Å²) in [5.74, 6) is -5.22. The summed E-state index contributed by atoms with van der Waals surface area (Å²) in [7, 11) is 0. The molecular weight excluding hydrogens is 577 g/mol. The second kappa shape index (κ2) is 16.1. The van der Waals surface area contributed by atoms with E-state index in [2.05, 4.69) is 46.6 Å². The maximum Gasteiger partial charge on any atom is 0.328 e. The molecule has 2 aliphatic heterocycles. The van der Waals surface area contributed by atoms with Crippen molar-refractivity contribution < 1.29 is 48.5 Å². The highest BCUT2D eigenvalue weighted by Gasteiger charge is 2.35. The maximum absolute atomic E-state index is 13.5. The Balaban J connectivity index is 0.000000275. The lowest BCUT2D eigenvalue weighted by atomic mass is 9.81. The van der Waals surface area contributed by atoms with E-state index in [0.29, 0.717) is 42.0 Å². The van der Waals surface area contributed by atoms with E-state index in [0.717, 1.165) is 17.6 Å². The summed E-state index contributed by atoms with van der Waals surface area (Å²) in [6.07, 6.45) is 6.17. The zero-order chi connectivity index (χ0) is 32.2. The number of hydrogen-bond donors (Lipinski definition) is 5. The highest BCUT2D eigenvalue weighted by atomic mass is 19.1. The third kappa shape index (κ3) is 9.57. The Kier molecular flexibility index (Phi) is 12.3. The first-order valence-electron chi connectivity index (χ1n) is 13.9. The van der Waals surface area contributed by atoms with Crippen LogP contribution in [0, 0.1) is 5.82 Å². The molecule has 1 fully saturated rings. The van der Waals surface area contributed by atoms with Crippen molar-refractivity contribution in [3.63, 3.8) is 0 Å². The van der Waals surface area contributed by atoms with Gasteiger partial charge >= 0.3 is 23.9 Å². The molecule has 234 valence electrons. The van der Waals surface area contributed by atoms with E-state index in [1.807, 2.05) is 0 Å². The lowest BCUT2D eigenvalue weighted by Crippen LogP contribution is -2.48. The predicted molar refractivity (Wildman–Crippen MR) is 157 cm³/mol. The van der Waals surface area contributed by atoms with E-state index in [4.69, 9.17) is 24.9 Å². The minimum Gasteiger partial charge on any atom is -0.478 e. The van der Waals surface area contributed by atoms with Gasteiger partial charge in [0.05, 0.1) is 0 Å². The predicted octanol–water partition coefficient (Wildman–Crippen LogP) is 4.04. The molecule has 0 radical (unpaired) electrons. The van der Waals surface area contributed by atoms with Crippen LogP contribution in [0.2, 0.25) is 0 Å². The first-order chi connectivity index (χ1) is 21.0. The Morgan fingerprint density at radius 3 is 1.98 bits per heavy atom. The number of likely N-dealkylation sites (tertiary alicyclic amines) is 1. The monoisotopic (exact) mass is 611 g/mol. The molecule has 0 aliphatic carbocycles. The number of carboxylic acids is 4. The second-order valence-corrected chi connectivity index (χ2v) is 10.1. The molecular formula is C31H34FN3O9. The first-order valence-corrected chi connectivity index (χ1v) is 13.9. The summed E-state index contributed by atoms with van der Waals surface area (Å²) in [6.45, 7) is 5.52. The van der Waals surface area contributed by atoms with Crippen LogP contribution in [0.15, 0.2) is 71.3 Å². The van der Waals surface area contributed by atoms with E-state index < -0.39 is 23.9 Å². The number of nitrogens with zero attached hydrogens (tertiary/aromatic N) is 2. The molecule has 0 amide bonds. The molecule has 1 saturated heterocycles. The highest BCUT2D eigenvalue weighted by molar-refractivity contribution is 5.90. The molecule has 3 atom stereocenters. The number of aromatic nitrogens is 1. The van der Waals surface area contributed by atoms with Gasteiger partial charge in [0, 0.05) is 60.3 Å². The number of hydrogen-bond acceptors (Lipinski definition) is 8. The lowest BCUT2D eigenvalue weighted by molar-refractivity contribution is -0.134. The van der Waals surface area contributed by atoms with Gasteiger partial charge in [0.2, 0.25) is 0 Å². The topological polar surface area (TPSA) is 190 Å². The quantitative estimate of drug-likeness (QED) is 0.241. The molecule has 13 heteroatoms. The molecule has 2 aliphatic rings. The number of halogens is 1. The van der Waals surface area contributed by atoms with Crippen LogP contribution in [-0.2, 0) is 19.2 Å². The molecule has 2 aromatic carbocycles. The summed E-state index contributed by atoms with van der Waals surface area (Å²) in [6, 6.07) is 14.1. The molecule has 0 saturated carbocycles. The van der Waals surface area contributed by atoms with Gasteiger partial charge in [0.25, 0.3) is 0 Å². The molecule has 0 bridgehead atoms. The fourth-order valence-corrected chi connectivity index (χ4v) is 5.25. The molecule has 3 aromatic rings. The van der Waals surface area contributed by atoms with Crippen molar-refractivity contribution in [3.8, 4) is 0 Å². The molecule has 5 N–H and O–H groups in total. The van der Waals surface area contributed by atoms with Crippen molar-refractivity contribution in [1.29, 1.82) is 0 Å². The molecule has 5 rings (SSSR count). The fraction of sp³-hybridized carbons (Fsp3) is 0.323. The van der Waals surface area contributed by atoms with Crippen LogP contribution in [0.25, 0.3) is 11.0 Å². The third-order valence-corrected chi connectivity index (χ3v) is 7.23. The zero-order valence-electron chi connectivity index (χ0n) is 23.9. The zero-order valence-corrected chi connectivity index (χ0v) is 23.9. The lowest BCUT2D eigenvalue weighted by Gasteiger charge is -2.41. The van der Waals surface area contributed by atoms with Crippen molar-refractivity contribution in [2.75, 3.05) is 19.6 Å². The van der Waals surface area contributed by atoms with Gasteiger partial charge in [0.15, 0.2) is 5.58 Å². The largest absolute Gasteiger partial charge is 0.478 e. The van der Waals surface area contributed by atoms with Crippen LogP contribution in [-0.4, -0.2) is 80.0 Å². The van der Waals surface area contributed by atoms with Crippen LogP contribution >= 0.6 is 0 Å². The van der Waals surface area contributed by atoms with Gasteiger partial charge < -0.3 is 30.3 Å². The normalized spacial score (nSPS) is 18.9. The van der Waals surface area contributed by atoms with E-state index in [1.54, 1.807) is 6.07 Å². The van der Waals surface area contributed by atoms with Crippen molar-refractivity contribution in [2.45, 2.75) is 44.2 Å². The van der Waals surface area contributed by atoms with E-state index in [-0.39, 0.29) is 11.7 Å². The number of piperidine rings is 1. The van der Waals surface area contributed by atoms with Crippen molar-refractivity contribution >= 4 is 34.8 Å². The molecule has 1 aromatic heterocycles. The number of carboxylic acid groups (broad SMARTS) is 4. The standard InChI is InChI=1S/C23H26FN3O.2C4H4O4/c1-15(27-11-5-2-6-12-27)22-18-8-4-3-7-17(18)20(14-25-22)23-19-10-9-16(24)13-21(19)28-26-23;2*5-3(6)1-2-4(7)8/h3-4,7-10,13,15,20,22,25H,2,5-6,11-12,14H2,1H3;2*1-2H,(H,5,6)(H,7,8). The van der Waals surface area contributed by atoms with Crippen LogP contribution < -0.4 is 5.32 Å². The first kappa shape index (κ1) is 33.6. The Morgan fingerprint density at radius 2 is 1.43 bits per heavy atom. The number of rotatable bonds is 7. The van der Waals surface area contributed by atoms with Crippen LogP contribution in [0.5, 0.6) is 0 Å². The minimum atomic E-state index is -1.26. The van der Waals surface area contributed by atoms with Gasteiger partial charge in [0.1, 0.15) is 11.5 Å². The Morgan fingerprint density at radius 1 is 0.886 bits per heavy atom. The van der Waals surface area contributed by atoms with Gasteiger partial charge in [-0.25, -0.2) is 23.6 Å². The number of aliphatic carboxylic acids is 4. The SMILES string of the molecule is CC(C1NCC(c2noc3cc(F)ccc23)c2ccccc21)N1CCCCC1.O=C(O)C=CC(=O)O.O=C(O)C=CC(=O)O.